The molecule has 0 aliphatic heterocycles. The van der Waals surface area contributed by atoms with E-state index in [2.05, 4.69) is 24.1 Å². The zero-order valence-corrected chi connectivity index (χ0v) is 10.4. The topological polar surface area (TPSA) is 58.4 Å². The number of amides is 1. The molecule has 1 amide bonds. The van der Waals surface area contributed by atoms with Crippen LogP contribution in [0.3, 0.4) is 0 Å². The standard InChI is InChI=1S/C11H25N3O/c1-5-9(6-2)14(4)8-10(11(12)15)13-7-3/h9-10,13H,5-8H2,1-4H3,(H2,12,15). The molecule has 15 heavy (non-hydrogen) atoms. The third kappa shape index (κ3) is 5.14. The van der Waals surface area contributed by atoms with E-state index >= 15 is 0 Å². The zero-order chi connectivity index (χ0) is 11.8. The Balaban J connectivity index is 4.20. The fraction of sp³-hybridized carbons (Fsp3) is 0.909. The van der Waals surface area contributed by atoms with Crippen LogP contribution in [0.5, 0.6) is 0 Å². The third-order valence-electron chi connectivity index (χ3n) is 2.83. The van der Waals surface area contributed by atoms with Crippen LogP contribution in [-0.2, 0) is 4.79 Å². The Labute approximate surface area is 93.2 Å². The maximum Gasteiger partial charge on any atom is 0.235 e. The van der Waals surface area contributed by atoms with Gasteiger partial charge in [0.15, 0.2) is 0 Å². The van der Waals surface area contributed by atoms with Crippen molar-refractivity contribution in [2.45, 2.75) is 45.7 Å². The Bertz CT molecular complexity index is 181. The summed E-state index contributed by atoms with van der Waals surface area (Å²) in [5, 5.41) is 3.10. The van der Waals surface area contributed by atoms with E-state index in [1.807, 2.05) is 14.0 Å². The van der Waals surface area contributed by atoms with E-state index in [-0.39, 0.29) is 11.9 Å². The largest absolute Gasteiger partial charge is 0.368 e. The Morgan fingerprint density at radius 2 is 1.87 bits per heavy atom. The van der Waals surface area contributed by atoms with Crippen molar-refractivity contribution in [1.29, 1.82) is 0 Å². The van der Waals surface area contributed by atoms with Crippen molar-refractivity contribution in [3.8, 4) is 0 Å². The predicted octanol–water partition coefficient (Wildman–Crippen LogP) is 0.570. The van der Waals surface area contributed by atoms with Crippen LogP contribution in [0.4, 0.5) is 0 Å². The quantitative estimate of drug-likeness (QED) is 0.622. The fourth-order valence-corrected chi connectivity index (χ4v) is 1.85. The van der Waals surface area contributed by atoms with Crippen LogP contribution < -0.4 is 11.1 Å². The normalized spacial score (nSPS) is 13.5. The molecule has 0 saturated heterocycles. The first kappa shape index (κ1) is 14.4. The number of carbonyl (C=O) groups is 1. The van der Waals surface area contributed by atoms with E-state index in [1.54, 1.807) is 0 Å². The van der Waals surface area contributed by atoms with Crippen LogP contribution in [0.2, 0.25) is 0 Å². The first-order valence-corrected chi connectivity index (χ1v) is 5.79. The minimum Gasteiger partial charge on any atom is -0.368 e. The van der Waals surface area contributed by atoms with E-state index in [4.69, 9.17) is 5.73 Å². The summed E-state index contributed by atoms with van der Waals surface area (Å²) in [6.45, 7) is 7.77. The average Bonchev–Trinajstić information content (AvgIpc) is 2.18. The highest BCUT2D eigenvalue weighted by Gasteiger charge is 2.19. The van der Waals surface area contributed by atoms with Gasteiger partial charge in [-0.15, -0.1) is 0 Å². The van der Waals surface area contributed by atoms with Crippen molar-refractivity contribution in [3.63, 3.8) is 0 Å². The summed E-state index contributed by atoms with van der Waals surface area (Å²) in [4.78, 5) is 13.4. The van der Waals surface area contributed by atoms with Crippen LogP contribution in [-0.4, -0.2) is 43.0 Å². The number of rotatable bonds is 8. The van der Waals surface area contributed by atoms with Gasteiger partial charge < -0.3 is 16.0 Å². The molecule has 0 bridgehead atoms. The van der Waals surface area contributed by atoms with E-state index in [1.165, 1.54) is 0 Å². The number of carbonyl (C=O) groups excluding carboxylic acids is 1. The highest BCUT2D eigenvalue weighted by atomic mass is 16.1. The molecule has 0 aromatic carbocycles. The smallest absolute Gasteiger partial charge is 0.235 e. The van der Waals surface area contributed by atoms with E-state index < -0.39 is 0 Å². The van der Waals surface area contributed by atoms with Crippen LogP contribution in [0.15, 0.2) is 0 Å². The summed E-state index contributed by atoms with van der Waals surface area (Å²) in [7, 11) is 2.05. The van der Waals surface area contributed by atoms with Gasteiger partial charge in [0.2, 0.25) is 5.91 Å². The summed E-state index contributed by atoms with van der Waals surface area (Å²) in [5.74, 6) is -0.269. The predicted molar refractivity (Wildman–Crippen MR) is 63.7 cm³/mol. The lowest BCUT2D eigenvalue weighted by molar-refractivity contribution is -0.120. The van der Waals surface area contributed by atoms with E-state index in [0.717, 1.165) is 19.4 Å². The van der Waals surface area contributed by atoms with Crippen molar-refractivity contribution >= 4 is 5.91 Å². The molecule has 1 unspecified atom stereocenters. The lowest BCUT2D eigenvalue weighted by Gasteiger charge is -2.29. The number of hydrogen-bond acceptors (Lipinski definition) is 3. The molecule has 0 aromatic heterocycles. The van der Waals surface area contributed by atoms with E-state index in [9.17, 15) is 4.79 Å². The summed E-state index contributed by atoms with van der Waals surface area (Å²) in [5.41, 5.74) is 5.33. The van der Waals surface area contributed by atoms with Gasteiger partial charge in [-0.2, -0.15) is 0 Å². The first-order chi connectivity index (χ1) is 7.06. The van der Waals surface area contributed by atoms with Crippen molar-refractivity contribution in [2.24, 2.45) is 5.73 Å². The molecule has 90 valence electrons. The van der Waals surface area contributed by atoms with Crippen molar-refractivity contribution in [3.05, 3.63) is 0 Å². The molecule has 0 spiro atoms. The molecule has 0 radical (unpaired) electrons. The van der Waals surface area contributed by atoms with Gasteiger partial charge in [-0.25, -0.2) is 0 Å². The van der Waals surface area contributed by atoms with Crippen LogP contribution in [0, 0.1) is 0 Å². The molecule has 0 rings (SSSR count). The molecule has 4 nitrogen and oxygen atoms in total. The highest BCUT2D eigenvalue weighted by molar-refractivity contribution is 5.80. The SMILES string of the molecule is CCNC(CN(C)C(CC)CC)C(N)=O. The van der Waals surface area contributed by atoms with E-state index in [0.29, 0.717) is 12.6 Å². The minimum absolute atomic E-state index is 0.236. The Morgan fingerprint density at radius 3 is 2.20 bits per heavy atom. The van der Waals surface area contributed by atoms with Crippen molar-refractivity contribution in [2.75, 3.05) is 20.1 Å². The lowest BCUT2D eigenvalue weighted by atomic mass is 10.1. The maximum atomic E-state index is 11.2. The van der Waals surface area contributed by atoms with Gasteiger partial charge in [-0.3, -0.25) is 4.79 Å². The first-order valence-electron chi connectivity index (χ1n) is 5.79. The van der Waals surface area contributed by atoms with Crippen molar-refractivity contribution in [1.82, 2.24) is 10.2 Å². The Hall–Kier alpha value is -0.610. The molecule has 1 atom stereocenters. The number of nitrogens with one attached hydrogen (secondary N) is 1. The molecule has 0 aliphatic carbocycles. The van der Waals surface area contributed by atoms with Gasteiger partial charge in [0.1, 0.15) is 0 Å². The zero-order valence-electron chi connectivity index (χ0n) is 10.4. The molecular formula is C11H25N3O. The van der Waals surface area contributed by atoms with Gasteiger partial charge in [0.25, 0.3) is 0 Å². The molecule has 3 N–H and O–H groups in total. The molecule has 4 heteroatoms. The monoisotopic (exact) mass is 215 g/mol. The number of nitrogens with two attached hydrogens (primary N) is 1. The summed E-state index contributed by atoms with van der Waals surface area (Å²) >= 11 is 0. The third-order valence-corrected chi connectivity index (χ3v) is 2.83. The molecule has 0 heterocycles. The average molecular weight is 215 g/mol. The second kappa shape index (κ2) is 7.65. The molecular weight excluding hydrogens is 190 g/mol. The summed E-state index contributed by atoms with van der Waals surface area (Å²) < 4.78 is 0. The number of nitrogens with zero attached hydrogens (tertiary/aromatic N) is 1. The number of likely N-dealkylation sites (N-methyl/N-ethyl adjacent to an activating group) is 2. The number of primary amides is 1. The lowest BCUT2D eigenvalue weighted by Crippen LogP contribution is -2.50. The molecule has 0 saturated carbocycles. The molecule has 0 aliphatic rings. The molecule has 0 fully saturated rings. The van der Waals surface area contributed by atoms with Gasteiger partial charge >= 0.3 is 0 Å². The number of hydrogen-bond donors (Lipinski definition) is 2. The highest BCUT2D eigenvalue weighted by Crippen LogP contribution is 2.06. The Kier molecular flexibility index (Phi) is 7.34. The van der Waals surface area contributed by atoms with Gasteiger partial charge in [0.05, 0.1) is 6.04 Å². The van der Waals surface area contributed by atoms with Crippen molar-refractivity contribution < 1.29 is 4.79 Å². The maximum absolute atomic E-state index is 11.2. The second-order valence-corrected chi connectivity index (χ2v) is 3.92. The van der Waals surface area contributed by atoms with Gasteiger partial charge in [0, 0.05) is 12.6 Å². The molecule has 0 aromatic rings. The fourth-order valence-electron chi connectivity index (χ4n) is 1.85. The van der Waals surface area contributed by atoms with Gasteiger partial charge in [-0.05, 0) is 26.4 Å². The van der Waals surface area contributed by atoms with Crippen LogP contribution in [0.1, 0.15) is 33.6 Å². The summed E-state index contributed by atoms with van der Waals surface area (Å²) in [6, 6.07) is 0.297. The summed E-state index contributed by atoms with van der Waals surface area (Å²) in [6.07, 6.45) is 2.20. The van der Waals surface area contributed by atoms with Crippen LogP contribution >= 0.6 is 0 Å². The van der Waals surface area contributed by atoms with Crippen LogP contribution in [0.25, 0.3) is 0 Å². The Morgan fingerprint density at radius 1 is 1.33 bits per heavy atom. The second-order valence-electron chi connectivity index (χ2n) is 3.92. The van der Waals surface area contributed by atoms with Gasteiger partial charge in [-0.1, -0.05) is 20.8 Å². The minimum atomic E-state index is -0.269.